The highest BCUT2D eigenvalue weighted by Crippen LogP contribution is 2.24. The van der Waals surface area contributed by atoms with Crippen molar-refractivity contribution in [1.29, 1.82) is 0 Å². The van der Waals surface area contributed by atoms with Gasteiger partial charge in [-0.15, -0.1) is 0 Å². The average Bonchev–Trinajstić information content (AvgIpc) is 2.89. The van der Waals surface area contributed by atoms with Gasteiger partial charge in [0.25, 0.3) is 10.0 Å². The first-order valence-electron chi connectivity index (χ1n) is 11.7. The quantitative estimate of drug-likeness (QED) is 0.422. The highest BCUT2D eigenvalue weighted by atomic mass is 32.2. The van der Waals surface area contributed by atoms with E-state index in [1.54, 1.807) is 37.3 Å². The van der Waals surface area contributed by atoms with E-state index in [4.69, 9.17) is 0 Å². The Morgan fingerprint density at radius 2 is 1.50 bits per heavy atom. The highest BCUT2D eigenvalue weighted by molar-refractivity contribution is 7.92. The number of benzene rings is 3. The summed E-state index contributed by atoms with van der Waals surface area (Å²) < 4.78 is 41.6. The van der Waals surface area contributed by atoms with Crippen LogP contribution in [0.15, 0.2) is 89.8 Å². The zero-order chi connectivity index (χ0) is 26.1. The Balaban J connectivity index is 1.97. The number of nitrogens with one attached hydrogen (secondary N) is 1. The molecule has 3 aromatic rings. The van der Waals surface area contributed by atoms with Gasteiger partial charge >= 0.3 is 0 Å². The Morgan fingerprint density at radius 3 is 2.08 bits per heavy atom. The fourth-order valence-corrected chi connectivity index (χ4v) is 5.03. The number of sulfonamides is 1. The fraction of sp³-hybridized carbons (Fsp3) is 0.259. The molecule has 0 spiro atoms. The molecule has 1 atom stereocenters. The summed E-state index contributed by atoms with van der Waals surface area (Å²) in [6.07, 6.45) is 0.739. The Bertz CT molecular complexity index is 1250. The molecular formula is C27H30FN3O4S. The van der Waals surface area contributed by atoms with Gasteiger partial charge in [-0.3, -0.25) is 13.9 Å². The van der Waals surface area contributed by atoms with Crippen LogP contribution in [0.2, 0.25) is 0 Å². The smallest absolute Gasteiger partial charge is 0.264 e. The van der Waals surface area contributed by atoms with Crippen LogP contribution in [0.1, 0.15) is 25.8 Å². The lowest BCUT2D eigenvalue weighted by molar-refractivity contribution is -0.139. The van der Waals surface area contributed by atoms with E-state index >= 15 is 0 Å². The highest BCUT2D eigenvalue weighted by Gasteiger charge is 2.32. The van der Waals surface area contributed by atoms with E-state index in [0.717, 1.165) is 40.6 Å². The Kier molecular flexibility index (Phi) is 9.19. The molecule has 7 nitrogen and oxygen atoms in total. The van der Waals surface area contributed by atoms with E-state index in [9.17, 15) is 22.4 Å². The molecule has 0 unspecified atom stereocenters. The molecule has 2 amide bonds. The minimum atomic E-state index is -4.21. The lowest BCUT2D eigenvalue weighted by Crippen LogP contribution is -2.51. The van der Waals surface area contributed by atoms with Crippen molar-refractivity contribution in [1.82, 2.24) is 10.2 Å². The maximum absolute atomic E-state index is 13.7. The van der Waals surface area contributed by atoms with Crippen LogP contribution in [0.25, 0.3) is 0 Å². The van der Waals surface area contributed by atoms with Gasteiger partial charge in [0, 0.05) is 13.1 Å². The van der Waals surface area contributed by atoms with Crippen LogP contribution >= 0.6 is 0 Å². The maximum atomic E-state index is 13.7. The Morgan fingerprint density at radius 1 is 0.917 bits per heavy atom. The van der Waals surface area contributed by atoms with Crippen molar-refractivity contribution in [2.24, 2.45) is 0 Å². The first-order valence-corrected chi connectivity index (χ1v) is 13.1. The summed E-state index contributed by atoms with van der Waals surface area (Å²) in [4.78, 5) is 27.7. The van der Waals surface area contributed by atoms with E-state index < -0.39 is 34.3 Å². The average molecular weight is 512 g/mol. The van der Waals surface area contributed by atoms with Crippen molar-refractivity contribution < 1.29 is 22.4 Å². The van der Waals surface area contributed by atoms with Gasteiger partial charge < -0.3 is 10.2 Å². The van der Waals surface area contributed by atoms with Crippen LogP contribution in [0.5, 0.6) is 0 Å². The molecule has 0 aromatic heterocycles. The number of halogens is 1. The van der Waals surface area contributed by atoms with Crippen LogP contribution in [0, 0.1) is 5.82 Å². The minimum absolute atomic E-state index is 0.125. The summed E-state index contributed by atoms with van der Waals surface area (Å²) in [5, 5.41) is 2.80. The molecule has 1 N–H and O–H groups in total. The number of rotatable bonds is 11. The SMILES string of the molecule is CCCNC(=O)[C@H](C)N(Cc1ccccc1)C(=O)CN(c1ccccc1)S(=O)(=O)c1ccc(F)cc1. The number of carbonyl (C=O) groups excluding carboxylic acids is 2. The Labute approximate surface area is 211 Å². The molecule has 0 aliphatic rings. The molecule has 0 heterocycles. The largest absolute Gasteiger partial charge is 0.354 e. The third kappa shape index (κ3) is 6.69. The van der Waals surface area contributed by atoms with Crippen LogP contribution in [-0.2, 0) is 26.2 Å². The first-order chi connectivity index (χ1) is 17.2. The number of hydrogen-bond acceptors (Lipinski definition) is 4. The van der Waals surface area contributed by atoms with Crippen LogP contribution < -0.4 is 9.62 Å². The van der Waals surface area contributed by atoms with Crippen molar-refractivity contribution in [2.75, 3.05) is 17.4 Å². The molecule has 0 radical (unpaired) electrons. The van der Waals surface area contributed by atoms with Gasteiger partial charge in [0.2, 0.25) is 11.8 Å². The summed E-state index contributed by atoms with van der Waals surface area (Å²) in [6, 6.07) is 21.0. The molecule has 0 saturated heterocycles. The summed E-state index contributed by atoms with van der Waals surface area (Å²) in [5.74, 6) is -1.45. The van der Waals surface area contributed by atoms with Crippen molar-refractivity contribution in [3.05, 3.63) is 96.3 Å². The molecule has 0 saturated carbocycles. The predicted molar refractivity (Wildman–Crippen MR) is 137 cm³/mol. The van der Waals surface area contributed by atoms with Crippen molar-refractivity contribution >= 4 is 27.5 Å². The molecular weight excluding hydrogens is 481 g/mol. The lowest BCUT2D eigenvalue weighted by Gasteiger charge is -2.32. The molecule has 0 bridgehead atoms. The fourth-order valence-electron chi connectivity index (χ4n) is 3.62. The number of carbonyl (C=O) groups is 2. The zero-order valence-electron chi connectivity index (χ0n) is 20.3. The van der Waals surface area contributed by atoms with Gasteiger partial charge in [-0.25, -0.2) is 12.8 Å². The predicted octanol–water partition coefficient (Wildman–Crippen LogP) is 3.96. The van der Waals surface area contributed by atoms with Gasteiger partial charge in [0.1, 0.15) is 18.4 Å². The standard InChI is InChI=1S/C27H30FN3O4S/c1-3-18-29-27(33)21(2)30(19-22-10-6-4-7-11-22)26(32)20-31(24-12-8-5-9-13-24)36(34,35)25-16-14-23(28)15-17-25/h4-17,21H,3,18-20H2,1-2H3,(H,29,33)/t21-/m0/s1. The molecule has 9 heteroatoms. The molecule has 0 aliphatic heterocycles. The number of amides is 2. The van der Waals surface area contributed by atoms with Gasteiger partial charge in [0.05, 0.1) is 10.6 Å². The van der Waals surface area contributed by atoms with Crippen molar-refractivity contribution in [3.8, 4) is 0 Å². The summed E-state index contributed by atoms with van der Waals surface area (Å²) in [5.41, 5.74) is 1.08. The monoisotopic (exact) mass is 511 g/mol. The van der Waals surface area contributed by atoms with Crippen molar-refractivity contribution in [2.45, 2.75) is 37.8 Å². The number of nitrogens with zero attached hydrogens (tertiary/aromatic N) is 2. The number of anilines is 1. The topological polar surface area (TPSA) is 86.8 Å². The molecule has 0 aliphatic carbocycles. The van der Waals surface area contributed by atoms with E-state index in [1.165, 1.54) is 4.90 Å². The third-order valence-electron chi connectivity index (χ3n) is 5.64. The van der Waals surface area contributed by atoms with Crippen LogP contribution in [0.4, 0.5) is 10.1 Å². The van der Waals surface area contributed by atoms with Gasteiger partial charge in [-0.05, 0) is 55.3 Å². The maximum Gasteiger partial charge on any atom is 0.264 e. The second-order valence-corrected chi connectivity index (χ2v) is 10.1. The van der Waals surface area contributed by atoms with Gasteiger partial charge in [-0.1, -0.05) is 55.5 Å². The van der Waals surface area contributed by atoms with E-state index in [2.05, 4.69) is 5.32 Å². The van der Waals surface area contributed by atoms with Gasteiger partial charge in [-0.2, -0.15) is 0 Å². The normalized spacial score (nSPS) is 12.0. The van der Waals surface area contributed by atoms with Crippen LogP contribution in [0.3, 0.4) is 0 Å². The summed E-state index contributed by atoms with van der Waals surface area (Å²) in [7, 11) is -4.21. The first kappa shape index (κ1) is 26.9. The van der Waals surface area contributed by atoms with E-state index in [1.807, 2.05) is 37.3 Å². The number of para-hydroxylation sites is 1. The zero-order valence-corrected chi connectivity index (χ0v) is 21.1. The number of hydrogen-bond donors (Lipinski definition) is 1. The second kappa shape index (κ2) is 12.3. The van der Waals surface area contributed by atoms with E-state index in [-0.39, 0.29) is 23.0 Å². The third-order valence-corrected chi connectivity index (χ3v) is 7.43. The summed E-state index contributed by atoms with van der Waals surface area (Å²) in [6.45, 7) is 3.59. The van der Waals surface area contributed by atoms with Crippen LogP contribution in [-0.4, -0.2) is 44.3 Å². The van der Waals surface area contributed by atoms with E-state index in [0.29, 0.717) is 6.54 Å². The van der Waals surface area contributed by atoms with Gasteiger partial charge in [0.15, 0.2) is 0 Å². The molecule has 36 heavy (non-hydrogen) atoms. The molecule has 0 fully saturated rings. The molecule has 190 valence electrons. The Hall–Kier alpha value is -3.72. The second-order valence-electron chi connectivity index (χ2n) is 8.28. The summed E-state index contributed by atoms with van der Waals surface area (Å²) >= 11 is 0. The molecule has 3 aromatic carbocycles. The molecule has 3 rings (SSSR count). The van der Waals surface area contributed by atoms with Crippen molar-refractivity contribution in [3.63, 3.8) is 0 Å². The lowest BCUT2D eigenvalue weighted by atomic mass is 10.1. The minimum Gasteiger partial charge on any atom is -0.354 e.